The van der Waals surface area contributed by atoms with E-state index >= 15 is 0 Å². The molecule has 1 aromatic carbocycles. The second-order valence-electron chi connectivity index (χ2n) is 7.37. The molecule has 2 heterocycles. The predicted octanol–water partition coefficient (Wildman–Crippen LogP) is 2.39. The molecule has 0 radical (unpaired) electrons. The Morgan fingerprint density at radius 1 is 1.09 bits per heavy atom. The van der Waals surface area contributed by atoms with Gasteiger partial charge in [-0.05, 0) is 25.0 Å². The molecule has 11 heteroatoms. The molecule has 1 aliphatic heterocycles. The molecule has 0 fully saturated rings. The van der Waals surface area contributed by atoms with Gasteiger partial charge in [0, 0.05) is 12.6 Å². The maximum Gasteiger partial charge on any atom is 0.282 e. The molecule has 1 aliphatic rings. The van der Waals surface area contributed by atoms with Crippen LogP contribution in [-0.4, -0.2) is 54.0 Å². The van der Waals surface area contributed by atoms with E-state index in [-0.39, 0.29) is 6.61 Å². The number of hydrazine groups is 2. The van der Waals surface area contributed by atoms with Crippen molar-refractivity contribution in [3.05, 3.63) is 59.8 Å². The first kappa shape index (κ1) is 25.1. The Hall–Kier alpha value is -3.54. The highest BCUT2D eigenvalue weighted by atomic mass is 16.7. The van der Waals surface area contributed by atoms with E-state index in [0.717, 1.165) is 18.4 Å². The zero-order valence-electron chi connectivity index (χ0n) is 19.7. The van der Waals surface area contributed by atoms with E-state index in [4.69, 9.17) is 14.3 Å². The predicted molar refractivity (Wildman–Crippen MR) is 128 cm³/mol. The van der Waals surface area contributed by atoms with Crippen LogP contribution in [0.1, 0.15) is 37.9 Å². The first-order valence-corrected chi connectivity index (χ1v) is 11.2. The standard InChI is InChI=1S/C23H31N7O4/c1-4-14-32-23(33-15-5-2)22(31)25-19-13-9-12-18(24-19)16-34-27-20(17-10-7-6-8-11-17)21-26-28-29-30(21)3/h6-13,23,28-29H,4-5,14-16H2,1-3H3,(H,24,25,31)/b27-20-. The smallest absolute Gasteiger partial charge is 0.282 e. The average Bonchev–Trinajstić information content (AvgIpc) is 3.28. The van der Waals surface area contributed by atoms with Gasteiger partial charge in [-0.3, -0.25) is 9.80 Å². The summed E-state index contributed by atoms with van der Waals surface area (Å²) in [6.07, 6.45) is 0.583. The maximum absolute atomic E-state index is 12.6. The number of nitrogens with zero attached hydrogens (tertiary/aromatic N) is 4. The molecule has 1 aromatic heterocycles. The van der Waals surface area contributed by atoms with Crippen LogP contribution >= 0.6 is 0 Å². The Kier molecular flexibility index (Phi) is 9.77. The fourth-order valence-electron chi connectivity index (χ4n) is 2.94. The van der Waals surface area contributed by atoms with Gasteiger partial charge in [0.05, 0.1) is 18.9 Å². The second-order valence-corrected chi connectivity index (χ2v) is 7.37. The van der Waals surface area contributed by atoms with E-state index in [9.17, 15) is 4.79 Å². The summed E-state index contributed by atoms with van der Waals surface area (Å²) in [4.78, 5) is 22.6. The highest BCUT2D eigenvalue weighted by Crippen LogP contribution is 2.11. The van der Waals surface area contributed by atoms with Gasteiger partial charge in [-0.1, -0.05) is 55.4 Å². The lowest BCUT2D eigenvalue weighted by Crippen LogP contribution is -2.40. The molecule has 0 atom stereocenters. The molecule has 2 aromatic rings. The van der Waals surface area contributed by atoms with Crippen molar-refractivity contribution in [2.45, 2.75) is 39.6 Å². The van der Waals surface area contributed by atoms with Crippen LogP contribution in [0, 0.1) is 0 Å². The molecule has 182 valence electrons. The van der Waals surface area contributed by atoms with Gasteiger partial charge in [-0.15, -0.1) is 10.6 Å². The van der Waals surface area contributed by atoms with Crippen LogP contribution in [-0.2, 0) is 25.7 Å². The van der Waals surface area contributed by atoms with E-state index in [1.165, 1.54) is 0 Å². The van der Waals surface area contributed by atoms with Crippen LogP contribution < -0.4 is 16.4 Å². The number of amidine groups is 1. The van der Waals surface area contributed by atoms with Crippen molar-refractivity contribution < 1.29 is 19.1 Å². The number of benzene rings is 1. The lowest BCUT2D eigenvalue weighted by molar-refractivity contribution is -0.167. The molecular weight excluding hydrogens is 438 g/mol. The van der Waals surface area contributed by atoms with Crippen molar-refractivity contribution in [1.82, 2.24) is 21.1 Å². The zero-order valence-corrected chi connectivity index (χ0v) is 19.7. The summed E-state index contributed by atoms with van der Waals surface area (Å²) in [5.74, 6) is 0.543. The number of carbonyl (C=O) groups excluding carboxylic acids is 1. The second kappa shape index (κ2) is 13.2. The maximum atomic E-state index is 12.6. The lowest BCUT2D eigenvalue weighted by Gasteiger charge is -2.17. The molecular formula is C23H31N7O4. The quantitative estimate of drug-likeness (QED) is 0.232. The number of anilines is 1. The number of hydrogen-bond donors (Lipinski definition) is 3. The Bertz CT molecular complexity index is 976. The van der Waals surface area contributed by atoms with Gasteiger partial charge in [-0.2, -0.15) is 0 Å². The van der Waals surface area contributed by atoms with Gasteiger partial charge >= 0.3 is 0 Å². The van der Waals surface area contributed by atoms with Crippen LogP contribution in [0.2, 0.25) is 0 Å². The third-order valence-electron chi connectivity index (χ3n) is 4.54. The molecule has 0 spiro atoms. The molecule has 3 N–H and O–H groups in total. The highest BCUT2D eigenvalue weighted by molar-refractivity contribution is 6.47. The Morgan fingerprint density at radius 2 is 1.82 bits per heavy atom. The average molecular weight is 470 g/mol. The minimum Gasteiger partial charge on any atom is -0.389 e. The van der Waals surface area contributed by atoms with Crippen LogP contribution in [0.15, 0.2) is 58.8 Å². The van der Waals surface area contributed by atoms with Crippen molar-refractivity contribution in [2.24, 2.45) is 10.3 Å². The fraction of sp³-hybridized carbons (Fsp3) is 0.391. The number of nitrogens with one attached hydrogen (secondary N) is 3. The molecule has 1 amide bonds. The highest BCUT2D eigenvalue weighted by Gasteiger charge is 2.22. The van der Waals surface area contributed by atoms with Gasteiger partial charge in [0.2, 0.25) is 6.29 Å². The van der Waals surface area contributed by atoms with Gasteiger partial charge < -0.3 is 19.6 Å². The van der Waals surface area contributed by atoms with Gasteiger partial charge in [0.1, 0.15) is 5.82 Å². The van der Waals surface area contributed by atoms with Crippen LogP contribution in [0.4, 0.5) is 5.82 Å². The van der Waals surface area contributed by atoms with Gasteiger partial charge in [0.25, 0.3) is 5.91 Å². The van der Waals surface area contributed by atoms with E-state index in [2.05, 4.69) is 31.6 Å². The molecule has 0 aliphatic carbocycles. The molecule has 11 nitrogen and oxygen atoms in total. The van der Waals surface area contributed by atoms with E-state index in [1.54, 1.807) is 23.2 Å². The Balaban J connectivity index is 1.66. The number of likely N-dealkylation sites (N-methyl/N-ethyl adjacent to an activating group) is 1. The molecule has 34 heavy (non-hydrogen) atoms. The summed E-state index contributed by atoms with van der Waals surface area (Å²) in [5.41, 5.74) is 7.54. The largest absolute Gasteiger partial charge is 0.389 e. The molecule has 0 saturated heterocycles. The lowest BCUT2D eigenvalue weighted by atomic mass is 10.1. The van der Waals surface area contributed by atoms with E-state index < -0.39 is 12.2 Å². The van der Waals surface area contributed by atoms with Gasteiger partial charge in [-0.25, -0.2) is 10.5 Å². The summed E-state index contributed by atoms with van der Waals surface area (Å²) in [6, 6.07) is 14.8. The number of oxime groups is 1. The van der Waals surface area contributed by atoms with E-state index in [1.807, 2.05) is 51.2 Å². The number of hydrogen-bond acceptors (Lipinski definition) is 10. The topological polar surface area (TPSA) is 122 Å². The minimum atomic E-state index is -0.981. The number of pyridine rings is 1. The summed E-state index contributed by atoms with van der Waals surface area (Å²) >= 11 is 0. The first-order valence-electron chi connectivity index (χ1n) is 11.2. The molecule has 0 saturated carbocycles. The third-order valence-corrected chi connectivity index (χ3v) is 4.54. The molecule has 3 rings (SSSR count). The van der Waals surface area contributed by atoms with Crippen molar-refractivity contribution in [3.8, 4) is 0 Å². The van der Waals surface area contributed by atoms with Crippen LogP contribution in [0.3, 0.4) is 0 Å². The molecule has 0 unspecified atom stereocenters. The molecule has 0 bridgehead atoms. The summed E-state index contributed by atoms with van der Waals surface area (Å²) in [5, 5.41) is 13.0. The van der Waals surface area contributed by atoms with Crippen LogP contribution in [0.5, 0.6) is 0 Å². The SMILES string of the molecule is CCCOC(OCCC)C(=O)Nc1cccc(CO/N=C(\C2=NNNN2C)c2ccccc2)n1. The Morgan fingerprint density at radius 3 is 2.47 bits per heavy atom. The third kappa shape index (κ3) is 7.24. The summed E-state index contributed by atoms with van der Waals surface area (Å²) in [7, 11) is 1.81. The number of hydrazone groups is 1. The van der Waals surface area contributed by atoms with Crippen molar-refractivity contribution in [3.63, 3.8) is 0 Å². The van der Waals surface area contributed by atoms with Crippen LogP contribution in [0.25, 0.3) is 0 Å². The van der Waals surface area contributed by atoms with Gasteiger partial charge in [0.15, 0.2) is 18.2 Å². The first-order chi connectivity index (χ1) is 16.6. The monoisotopic (exact) mass is 469 g/mol. The number of rotatable bonds is 13. The number of carbonyl (C=O) groups is 1. The minimum absolute atomic E-state index is 0.0972. The summed E-state index contributed by atoms with van der Waals surface area (Å²) in [6.45, 7) is 4.89. The zero-order chi connectivity index (χ0) is 24.2. The summed E-state index contributed by atoms with van der Waals surface area (Å²) < 4.78 is 11.0. The fourth-order valence-corrected chi connectivity index (χ4v) is 2.94. The Labute approximate surface area is 199 Å². The number of aromatic nitrogens is 1. The van der Waals surface area contributed by atoms with Crippen molar-refractivity contribution in [1.29, 1.82) is 0 Å². The van der Waals surface area contributed by atoms with Crippen molar-refractivity contribution in [2.75, 3.05) is 25.6 Å². The normalized spacial score (nSPS) is 13.6. The van der Waals surface area contributed by atoms with E-state index in [0.29, 0.717) is 36.3 Å². The number of amides is 1. The van der Waals surface area contributed by atoms with Crippen molar-refractivity contribution >= 4 is 23.3 Å². The number of ether oxygens (including phenoxy) is 2.